The molecule has 0 bridgehead atoms. The van der Waals surface area contributed by atoms with Gasteiger partial charge in [-0.05, 0) is 12.3 Å². The standard InChI is InChI=1S/C6H13NOS/c1-4(2)3-5(7)6(8)9/h4-5H,3,7H2,1-2H3,(H,8,9)/t5-/m0/s1. The number of hydrogen-bond donors (Lipinski definition) is 2. The van der Waals surface area contributed by atoms with Crippen LogP contribution in [0.3, 0.4) is 0 Å². The summed E-state index contributed by atoms with van der Waals surface area (Å²) >= 11 is 3.60. The summed E-state index contributed by atoms with van der Waals surface area (Å²) in [4.78, 5) is 10.4. The second-order valence-electron chi connectivity index (χ2n) is 2.57. The highest BCUT2D eigenvalue weighted by Crippen LogP contribution is 2.03. The van der Waals surface area contributed by atoms with Gasteiger partial charge in [-0.25, -0.2) is 0 Å². The van der Waals surface area contributed by atoms with Gasteiger partial charge in [0, 0.05) is 0 Å². The molecule has 2 N–H and O–H groups in total. The molecule has 9 heavy (non-hydrogen) atoms. The number of thiol groups is 1. The van der Waals surface area contributed by atoms with Gasteiger partial charge in [-0.15, -0.1) is 12.6 Å². The Morgan fingerprint density at radius 2 is 2.11 bits per heavy atom. The number of carbonyl (C=O) groups is 1. The molecule has 0 fully saturated rings. The van der Waals surface area contributed by atoms with Crippen molar-refractivity contribution in [1.29, 1.82) is 0 Å². The van der Waals surface area contributed by atoms with Crippen molar-refractivity contribution in [1.82, 2.24) is 0 Å². The van der Waals surface area contributed by atoms with Crippen LogP contribution in [-0.2, 0) is 4.79 Å². The van der Waals surface area contributed by atoms with E-state index in [0.717, 1.165) is 6.42 Å². The van der Waals surface area contributed by atoms with Crippen LogP contribution in [0.25, 0.3) is 0 Å². The maximum Gasteiger partial charge on any atom is 0.202 e. The molecule has 0 heterocycles. The van der Waals surface area contributed by atoms with Crippen molar-refractivity contribution in [3.63, 3.8) is 0 Å². The van der Waals surface area contributed by atoms with Gasteiger partial charge in [0.25, 0.3) is 0 Å². The Bertz CT molecular complexity index is 103. The van der Waals surface area contributed by atoms with Crippen LogP contribution in [0.1, 0.15) is 20.3 Å². The Morgan fingerprint density at radius 1 is 1.67 bits per heavy atom. The lowest BCUT2D eigenvalue weighted by Gasteiger charge is -2.08. The van der Waals surface area contributed by atoms with Gasteiger partial charge in [0.15, 0.2) is 0 Å². The average molecular weight is 147 g/mol. The molecule has 0 aliphatic carbocycles. The summed E-state index contributed by atoms with van der Waals surface area (Å²) in [5, 5.41) is -0.219. The van der Waals surface area contributed by atoms with Gasteiger partial charge in [-0.2, -0.15) is 0 Å². The van der Waals surface area contributed by atoms with Crippen molar-refractivity contribution < 1.29 is 4.79 Å². The minimum atomic E-state index is -0.381. The zero-order chi connectivity index (χ0) is 7.44. The van der Waals surface area contributed by atoms with Gasteiger partial charge in [0.05, 0.1) is 6.04 Å². The highest BCUT2D eigenvalue weighted by atomic mass is 32.1. The molecular weight excluding hydrogens is 134 g/mol. The zero-order valence-electron chi connectivity index (χ0n) is 5.79. The number of hydrogen-bond acceptors (Lipinski definition) is 2. The SMILES string of the molecule is CC(C)C[C@H](N)C(=O)S. The van der Waals surface area contributed by atoms with Crippen molar-refractivity contribution in [3.05, 3.63) is 0 Å². The van der Waals surface area contributed by atoms with E-state index in [2.05, 4.69) is 12.6 Å². The van der Waals surface area contributed by atoms with Crippen LogP contribution in [0.15, 0.2) is 0 Å². The lowest BCUT2D eigenvalue weighted by Crippen LogP contribution is -2.28. The fourth-order valence-corrected chi connectivity index (χ4v) is 0.714. The summed E-state index contributed by atoms with van der Waals surface area (Å²) < 4.78 is 0. The first kappa shape index (κ1) is 8.98. The molecule has 0 unspecified atom stereocenters. The van der Waals surface area contributed by atoms with Crippen LogP contribution in [-0.4, -0.2) is 11.2 Å². The summed E-state index contributed by atoms with van der Waals surface area (Å²) in [5.74, 6) is 0.469. The van der Waals surface area contributed by atoms with Crippen LogP contribution < -0.4 is 5.73 Å². The minimum absolute atomic E-state index is 0.219. The number of rotatable bonds is 3. The van der Waals surface area contributed by atoms with Crippen molar-refractivity contribution in [2.45, 2.75) is 26.3 Å². The fraction of sp³-hybridized carbons (Fsp3) is 0.833. The largest absolute Gasteiger partial charge is 0.321 e. The Morgan fingerprint density at radius 3 is 2.22 bits per heavy atom. The monoisotopic (exact) mass is 147 g/mol. The van der Waals surface area contributed by atoms with Gasteiger partial charge in [-0.3, -0.25) is 4.79 Å². The van der Waals surface area contributed by atoms with E-state index in [1.165, 1.54) is 0 Å². The fourth-order valence-electron chi connectivity index (χ4n) is 0.609. The molecule has 0 spiro atoms. The maximum absolute atomic E-state index is 10.4. The van der Waals surface area contributed by atoms with E-state index in [1.807, 2.05) is 13.8 Å². The summed E-state index contributed by atoms with van der Waals surface area (Å²) in [7, 11) is 0. The van der Waals surface area contributed by atoms with Gasteiger partial charge >= 0.3 is 0 Å². The summed E-state index contributed by atoms with van der Waals surface area (Å²) in [6.45, 7) is 4.05. The highest BCUT2D eigenvalue weighted by molar-refractivity contribution is 7.96. The van der Waals surface area contributed by atoms with E-state index in [9.17, 15) is 4.79 Å². The molecule has 1 atom stereocenters. The Kier molecular flexibility index (Phi) is 3.89. The van der Waals surface area contributed by atoms with Crippen molar-refractivity contribution in [2.75, 3.05) is 0 Å². The number of carbonyl (C=O) groups excluding carboxylic acids is 1. The lowest BCUT2D eigenvalue weighted by molar-refractivity contribution is -0.112. The molecule has 0 saturated heterocycles. The lowest BCUT2D eigenvalue weighted by atomic mass is 10.1. The first-order chi connectivity index (χ1) is 4.04. The van der Waals surface area contributed by atoms with E-state index < -0.39 is 0 Å². The van der Waals surface area contributed by atoms with E-state index in [0.29, 0.717) is 5.92 Å². The van der Waals surface area contributed by atoms with Crippen LogP contribution in [0.2, 0.25) is 0 Å². The molecule has 0 amide bonds. The summed E-state index contributed by atoms with van der Waals surface area (Å²) in [6.07, 6.45) is 0.725. The number of nitrogens with two attached hydrogens (primary N) is 1. The van der Waals surface area contributed by atoms with Gasteiger partial charge in [0.1, 0.15) is 0 Å². The Labute approximate surface area is 61.2 Å². The molecule has 0 radical (unpaired) electrons. The van der Waals surface area contributed by atoms with Crippen molar-refractivity contribution >= 4 is 17.7 Å². The highest BCUT2D eigenvalue weighted by Gasteiger charge is 2.09. The topological polar surface area (TPSA) is 43.1 Å². The van der Waals surface area contributed by atoms with E-state index in [-0.39, 0.29) is 11.2 Å². The molecule has 0 aromatic heterocycles. The van der Waals surface area contributed by atoms with Crippen LogP contribution in [0.5, 0.6) is 0 Å². The molecule has 0 aromatic carbocycles. The molecule has 3 heteroatoms. The predicted molar refractivity (Wildman–Crippen MR) is 41.4 cm³/mol. The minimum Gasteiger partial charge on any atom is -0.321 e. The molecule has 2 nitrogen and oxygen atoms in total. The van der Waals surface area contributed by atoms with E-state index in [1.54, 1.807) is 0 Å². The molecule has 0 saturated carbocycles. The third kappa shape index (κ3) is 4.48. The first-order valence-electron chi connectivity index (χ1n) is 3.02. The van der Waals surface area contributed by atoms with Crippen LogP contribution in [0, 0.1) is 5.92 Å². The van der Waals surface area contributed by atoms with Crippen LogP contribution >= 0.6 is 12.6 Å². The summed E-state index contributed by atoms with van der Waals surface area (Å²) in [6, 6.07) is -0.381. The van der Waals surface area contributed by atoms with Gasteiger partial charge in [0.2, 0.25) is 5.12 Å². The average Bonchev–Trinajstić information content (AvgIpc) is 1.63. The first-order valence-corrected chi connectivity index (χ1v) is 3.47. The second-order valence-corrected chi connectivity index (χ2v) is 3.02. The zero-order valence-corrected chi connectivity index (χ0v) is 6.69. The quantitative estimate of drug-likeness (QED) is 0.580. The van der Waals surface area contributed by atoms with Crippen LogP contribution in [0.4, 0.5) is 0 Å². The third-order valence-corrected chi connectivity index (χ3v) is 1.37. The molecule has 0 aromatic rings. The molecule has 0 aliphatic heterocycles. The molecule has 0 aliphatic rings. The summed E-state index contributed by atoms with van der Waals surface area (Å²) in [5.41, 5.74) is 5.39. The molecular formula is C6H13NOS. The van der Waals surface area contributed by atoms with E-state index >= 15 is 0 Å². The maximum atomic E-state index is 10.4. The molecule has 54 valence electrons. The Balaban J connectivity index is 3.50. The molecule has 0 rings (SSSR count). The van der Waals surface area contributed by atoms with E-state index in [4.69, 9.17) is 5.73 Å². The Hall–Kier alpha value is -0.0200. The second kappa shape index (κ2) is 3.90. The third-order valence-electron chi connectivity index (χ3n) is 1.04. The predicted octanol–water partition coefficient (Wildman–Crippen LogP) is 0.816. The normalized spacial score (nSPS) is 13.9. The van der Waals surface area contributed by atoms with Gasteiger partial charge in [-0.1, -0.05) is 13.8 Å². The van der Waals surface area contributed by atoms with Crippen molar-refractivity contribution in [2.24, 2.45) is 11.7 Å². The smallest absolute Gasteiger partial charge is 0.202 e. The van der Waals surface area contributed by atoms with Gasteiger partial charge < -0.3 is 5.73 Å². The van der Waals surface area contributed by atoms with Crippen molar-refractivity contribution in [3.8, 4) is 0 Å².